The van der Waals surface area contributed by atoms with Gasteiger partial charge in [-0.3, -0.25) is 0 Å². The Kier molecular flexibility index (Phi) is 5.98. The highest BCUT2D eigenvalue weighted by Crippen LogP contribution is 2.32. The number of nitrogens with one attached hydrogen (secondary N) is 1. The molecule has 0 amide bonds. The van der Waals surface area contributed by atoms with Gasteiger partial charge < -0.3 is 10.1 Å². The molecule has 0 fully saturated rings. The third kappa shape index (κ3) is 4.16. The Morgan fingerprint density at radius 1 is 1.33 bits per heavy atom. The molecule has 1 aromatic carbocycles. The molecule has 0 aliphatic heterocycles. The van der Waals surface area contributed by atoms with Crippen LogP contribution in [0.3, 0.4) is 0 Å². The molecule has 2 rings (SSSR count). The number of rotatable bonds is 7. The van der Waals surface area contributed by atoms with E-state index < -0.39 is 0 Å². The third-order valence-corrected chi connectivity index (χ3v) is 4.03. The summed E-state index contributed by atoms with van der Waals surface area (Å²) in [6.45, 7) is 3.53. The van der Waals surface area contributed by atoms with Gasteiger partial charge in [0.25, 0.3) is 0 Å². The van der Waals surface area contributed by atoms with Crippen LogP contribution in [0.4, 0.5) is 5.95 Å². The summed E-state index contributed by atoms with van der Waals surface area (Å²) in [6.07, 6.45) is 2.15. The summed E-state index contributed by atoms with van der Waals surface area (Å²) in [5.41, 5.74) is 1.02. The van der Waals surface area contributed by atoms with Crippen LogP contribution < -0.4 is 10.1 Å². The zero-order chi connectivity index (χ0) is 15.2. The minimum atomic E-state index is 0.577. The van der Waals surface area contributed by atoms with Crippen LogP contribution in [0.1, 0.15) is 25.3 Å². The summed E-state index contributed by atoms with van der Waals surface area (Å²) in [5.74, 6) is 1.47. The molecule has 0 spiro atoms. The molecule has 1 aromatic heterocycles. The van der Waals surface area contributed by atoms with Crippen LogP contribution in [0.15, 0.2) is 21.1 Å². The fourth-order valence-corrected chi connectivity index (χ4v) is 3.41. The van der Waals surface area contributed by atoms with Crippen molar-refractivity contribution in [3.05, 3.63) is 26.6 Å². The van der Waals surface area contributed by atoms with Crippen molar-refractivity contribution >= 4 is 37.8 Å². The fraction of sp³-hybridized carbons (Fsp3) is 0.462. The van der Waals surface area contributed by atoms with E-state index in [-0.39, 0.29) is 0 Å². The predicted molar refractivity (Wildman–Crippen MR) is 88.4 cm³/mol. The van der Waals surface area contributed by atoms with E-state index in [2.05, 4.69) is 59.6 Å². The number of aryl methyl sites for hydroxylation is 1. The molecule has 2 aromatic rings. The number of halogens is 2. The molecule has 8 heteroatoms. The van der Waals surface area contributed by atoms with Gasteiger partial charge in [-0.15, -0.1) is 0 Å². The van der Waals surface area contributed by atoms with Crippen LogP contribution in [-0.4, -0.2) is 27.3 Å². The molecule has 0 saturated heterocycles. The second kappa shape index (κ2) is 7.74. The van der Waals surface area contributed by atoms with Gasteiger partial charge >= 0.3 is 0 Å². The summed E-state index contributed by atoms with van der Waals surface area (Å²) in [7, 11) is 1.66. The van der Waals surface area contributed by atoms with E-state index in [0.29, 0.717) is 12.5 Å². The largest absolute Gasteiger partial charge is 0.495 e. The lowest BCUT2D eigenvalue weighted by molar-refractivity contribution is 0.407. The van der Waals surface area contributed by atoms with E-state index in [1.807, 2.05) is 12.1 Å². The number of benzene rings is 1. The highest BCUT2D eigenvalue weighted by Gasteiger charge is 2.11. The lowest BCUT2D eigenvalue weighted by Gasteiger charge is -2.12. The molecular weight excluding hydrogens is 402 g/mol. The van der Waals surface area contributed by atoms with Gasteiger partial charge in [0.15, 0.2) is 0 Å². The van der Waals surface area contributed by atoms with Crippen LogP contribution in [0, 0.1) is 0 Å². The first-order chi connectivity index (χ1) is 10.2. The van der Waals surface area contributed by atoms with Gasteiger partial charge in [0.05, 0.1) is 11.6 Å². The molecule has 0 aliphatic carbocycles. The number of hydrogen-bond donors (Lipinski definition) is 1. The van der Waals surface area contributed by atoms with Gasteiger partial charge in [-0.25, -0.2) is 4.68 Å². The topological polar surface area (TPSA) is 64.9 Å². The molecule has 21 heavy (non-hydrogen) atoms. The Hall–Kier alpha value is -1.15. The van der Waals surface area contributed by atoms with Gasteiger partial charge in [0.1, 0.15) is 5.75 Å². The van der Waals surface area contributed by atoms with Crippen LogP contribution in [0.5, 0.6) is 5.75 Å². The van der Waals surface area contributed by atoms with Gasteiger partial charge in [-0.1, -0.05) is 34.4 Å². The molecule has 114 valence electrons. The first-order valence-corrected chi connectivity index (χ1v) is 8.26. The minimum absolute atomic E-state index is 0.577. The number of methoxy groups -OCH3 is 1. The first-order valence-electron chi connectivity index (χ1n) is 6.67. The summed E-state index contributed by atoms with van der Waals surface area (Å²) in [4.78, 5) is 0. The van der Waals surface area contributed by atoms with Crippen molar-refractivity contribution in [2.75, 3.05) is 12.4 Å². The third-order valence-electron chi connectivity index (χ3n) is 2.98. The Morgan fingerprint density at radius 2 is 2.14 bits per heavy atom. The van der Waals surface area contributed by atoms with Crippen molar-refractivity contribution in [2.24, 2.45) is 0 Å². The Balaban J connectivity index is 2.11. The summed E-state index contributed by atoms with van der Waals surface area (Å²) >= 11 is 6.98. The molecule has 0 atom stereocenters. The highest BCUT2D eigenvalue weighted by molar-refractivity contribution is 9.11. The SMILES string of the molecule is CCCCn1nnnc1NCc1cc(Br)cc(Br)c1OC. The zero-order valence-corrected chi connectivity index (χ0v) is 15.1. The maximum absolute atomic E-state index is 5.43. The van der Waals surface area contributed by atoms with Gasteiger partial charge in [-0.05, 0) is 44.9 Å². The molecule has 0 unspecified atom stereocenters. The van der Waals surface area contributed by atoms with E-state index in [1.165, 1.54) is 0 Å². The maximum atomic E-state index is 5.43. The van der Waals surface area contributed by atoms with Crippen LogP contribution >= 0.6 is 31.9 Å². The standard InChI is InChI=1S/C13H17Br2N5O/c1-3-4-5-20-13(17-18-19-20)16-8-9-6-10(14)7-11(15)12(9)21-2/h6-7H,3-5,8H2,1-2H3,(H,16,17,19). The Bertz CT molecular complexity index is 602. The van der Waals surface area contributed by atoms with E-state index in [0.717, 1.165) is 39.6 Å². The van der Waals surface area contributed by atoms with Crippen molar-refractivity contribution in [1.29, 1.82) is 0 Å². The van der Waals surface area contributed by atoms with Crippen molar-refractivity contribution in [1.82, 2.24) is 20.2 Å². The number of unbranched alkanes of at least 4 members (excludes halogenated alkanes) is 1. The van der Waals surface area contributed by atoms with E-state index >= 15 is 0 Å². The lowest BCUT2D eigenvalue weighted by atomic mass is 10.2. The minimum Gasteiger partial charge on any atom is -0.495 e. The van der Waals surface area contributed by atoms with Crippen molar-refractivity contribution in [2.45, 2.75) is 32.9 Å². The lowest BCUT2D eigenvalue weighted by Crippen LogP contribution is -2.10. The molecule has 1 heterocycles. The monoisotopic (exact) mass is 417 g/mol. The summed E-state index contributed by atoms with van der Waals surface area (Å²) < 4.78 is 9.10. The van der Waals surface area contributed by atoms with Crippen LogP contribution in [0.25, 0.3) is 0 Å². The highest BCUT2D eigenvalue weighted by atomic mass is 79.9. The van der Waals surface area contributed by atoms with Crippen LogP contribution in [-0.2, 0) is 13.1 Å². The van der Waals surface area contributed by atoms with E-state index in [4.69, 9.17) is 4.74 Å². The predicted octanol–water partition coefficient (Wildman–Crippen LogP) is 3.62. The van der Waals surface area contributed by atoms with Gasteiger partial charge in [0.2, 0.25) is 5.95 Å². The Labute approximate surface area is 140 Å². The van der Waals surface area contributed by atoms with E-state index in [9.17, 15) is 0 Å². The molecule has 0 saturated carbocycles. The molecule has 0 bridgehead atoms. The van der Waals surface area contributed by atoms with Crippen molar-refractivity contribution in [3.8, 4) is 5.75 Å². The van der Waals surface area contributed by atoms with E-state index in [1.54, 1.807) is 11.8 Å². The molecule has 0 radical (unpaired) electrons. The average Bonchev–Trinajstić information content (AvgIpc) is 2.89. The second-order valence-corrected chi connectivity index (χ2v) is 6.28. The zero-order valence-electron chi connectivity index (χ0n) is 11.9. The quantitative estimate of drug-likeness (QED) is 0.743. The molecule has 1 N–H and O–H groups in total. The molecule has 0 aliphatic rings. The second-order valence-electron chi connectivity index (χ2n) is 4.51. The van der Waals surface area contributed by atoms with Gasteiger partial charge in [-0.2, -0.15) is 0 Å². The number of anilines is 1. The van der Waals surface area contributed by atoms with Gasteiger partial charge in [0, 0.05) is 23.1 Å². The number of ether oxygens (including phenoxy) is 1. The molecule has 6 nitrogen and oxygen atoms in total. The average molecular weight is 419 g/mol. The fourth-order valence-electron chi connectivity index (χ4n) is 1.94. The number of tetrazole rings is 1. The maximum Gasteiger partial charge on any atom is 0.243 e. The number of hydrogen-bond acceptors (Lipinski definition) is 5. The first kappa shape index (κ1) is 16.2. The summed E-state index contributed by atoms with van der Waals surface area (Å²) in [6, 6.07) is 3.96. The molecular formula is C13H17Br2N5O. The smallest absolute Gasteiger partial charge is 0.243 e. The van der Waals surface area contributed by atoms with Crippen LogP contribution in [0.2, 0.25) is 0 Å². The normalized spacial score (nSPS) is 10.7. The van der Waals surface area contributed by atoms with Crippen molar-refractivity contribution in [3.63, 3.8) is 0 Å². The summed E-state index contributed by atoms with van der Waals surface area (Å²) in [5, 5.41) is 15.0. The number of aromatic nitrogens is 4. The number of nitrogens with zero attached hydrogens (tertiary/aromatic N) is 4. The Morgan fingerprint density at radius 3 is 2.86 bits per heavy atom. The van der Waals surface area contributed by atoms with Crippen molar-refractivity contribution < 1.29 is 4.74 Å².